The van der Waals surface area contributed by atoms with E-state index in [0.29, 0.717) is 24.6 Å². The van der Waals surface area contributed by atoms with E-state index in [2.05, 4.69) is 22.0 Å². The second kappa shape index (κ2) is 10.9. The quantitative estimate of drug-likeness (QED) is 0.232. The molecule has 9 heteroatoms. The Morgan fingerprint density at radius 1 is 1.00 bits per heavy atom. The molecule has 3 aromatic carbocycles. The van der Waals surface area contributed by atoms with Gasteiger partial charge in [-0.3, -0.25) is 9.51 Å². The van der Waals surface area contributed by atoms with E-state index in [-0.39, 0.29) is 10.8 Å². The van der Waals surface area contributed by atoms with Crippen LogP contribution in [0.15, 0.2) is 82.1 Å². The number of unbranched alkanes of at least 4 members (excludes halogenated alkanes) is 1. The number of benzene rings is 3. The number of imidazole rings is 1. The molecule has 8 nitrogen and oxygen atoms in total. The number of aromatic nitrogens is 4. The van der Waals surface area contributed by atoms with E-state index in [9.17, 15) is 14.7 Å². The molecule has 38 heavy (non-hydrogen) atoms. The van der Waals surface area contributed by atoms with Crippen molar-refractivity contribution in [2.75, 3.05) is 0 Å². The minimum absolute atomic E-state index is 0.00389. The zero-order valence-corrected chi connectivity index (χ0v) is 21.4. The standard InChI is InChI=1S/C29H25ClN4O4/c1-2-3-9-24-31-26(30)25(28(35)36)34(24)17-18-10-12-20(13-11-18)23-16-21(19-7-5-4-6-8-19)14-15-22(23)27-32-29(37)38-33-27/h4-8,10-16H,2-3,9,17H2,1H3,(H,35,36)(H,32,33,37). The van der Waals surface area contributed by atoms with Crippen LogP contribution in [0, 0.1) is 0 Å². The first kappa shape index (κ1) is 25.2. The van der Waals surface area contributed by atoms with Crippen molar-refractivity contribution in [3.05, 3.63) is 106 Å². The van der Waals surface area contributed by atoms with Crippen LogP contribution in [0.25, 0.3) is 33.6 Å². The molecular formula is C29H25ClN4O4. The van der Waals surface area contributed by atoms with Gasteiger partial charge in [-0.15, -0.1) is 0 Å². The van der Waals surface area contributed by atoms with Crippen LogP contribution in [0.5, 0.6) is 0 Å². The van der Waals surface area contributed by atoms with Crippen LogP contribution in [-0.2, 0) is 13.0 Å². The van der Waals surface area contributed by atoms with E-state index in [0.717, 1.165) is 46.2 Å². The normalized spacial score (nSPS) is 11.1. The predicted molar refractivity (Wildman–Crippen MR) is 145 cm³/mol. The summed E-state index contributed by atoms with van der Waals surface area (Å²) in [7, 11) is 0. The summed E-state index contributed by atoms with van der Waals surface area (Å²) in [6.45, 7) is 2.40. The summed E-state index contributed by atoms with van der Waals surface area (Å²) >= 11 is 6.19. The van der Waals surface area contributed by atoms with E-state index in [1.165, 1.54) is 0 Å². The topological polar surface area (TPSA) is 114 Å². The summed E-state index contributed by atoms with van der Waals surface area (Å²) in [5.41, 5.74) is 5.46. The number of nitrogens with one attached hydrogen (secondary N) is 1. The molecule has 0 aliphatic heterocycles. The largest absolute Gasteiger partial charge is 0.476 e. The van der Waals surface area contributed by atoms with E-state index < -0.39 is 11.7 Å². The summed E-state index contributed by atoms with van der Waals surface area (Å²) in [6.07, 6.45) is 2.49. The summed E-state index contributed by atoms with van der Waals surface area (Å²) < 4.78 is 6.43. The number of carbonyl (C=O) groups is 1. The monoisotopic (exact) mass is 528 g/mol. The van der Waals surface area contributed by atoms with Crippen LogP contribution in [0.3, 0.4) is 0 Å². The highest BCUT2D eigenvalue weighted by Gasteiger charge is 2.21. The van der Waals surface area contributed by atoms with Crippen LogP contribution in [0.2, 0.25) is 5.15 Å². The Kier molecular flexibility index (Phi) is 7.24. The molecule has 0 saturated carbocycles. The molecule has 0 aliphatic carbocycles. The number of aromatic amines is 1. The fourth-order valence-corrected chi connectivity index (χ4v) is 4.77. The first-order chi connectivity index (χ1) is 18.4. The molecule has 0 unspecified atom stereocenters. The Morgan fingerprint density at radius 3 is 2.39 bits per heavy atom. The molecule has 0 aliphatic rings. The summed E-state index contributed by atoms with van der Waals surface area (Å²) in [5, 5.41) is 13.6. The van der Waals surface area contributed by atoms with Gasteiger partial charge in [0.1, 0.15) is 5.82 Å². The van der Waals surface area contributed by atoms with E-state index >= 15 is 0 Å². The van der Waals surface area contributed by atoms with Crippen molar-refractivity contribution in [1.29, 1.82) is 0 Å². The highest BCUT2D eigenvalue weighted by molar-refractivity contribution is 6.32. The van der Waals surface area contributed by atoms with Gasteiger partial charge >= 0.3 is 11.7 Å². The van der Waals surface area contributed by atoms with Gasteiger partial charge in [-0.05, 0) is 46.4 Å². The lowest BCUT2D eigenvalue weighted by Gasteiger charge is -2.13. The van der Waals surface area contributed by atoms with Crippen LogP contribution >= 0.6 is 11.6 Å². The number of rotatable bonds is 9. The van der Waals surface area contributed by atoms with E-state index in [1.807, 2.05) is 72.8 Å². The molecule has 192 valence electrons. The number of H-pyrrole nitrogens is 1. The minimum Gasteiger partial charge on any atom is -0.476 e. The second-order valence-corrected chi connectivity index (χ2v) is 9.29. The first-order valence-electron chi connectivity index (χ1n) is 12.3. The smallest absolute Gasteiger partial charge is 0.439 e. The maximum Gasteiger partial charge on any atom is 0.439 e. The molecule has 0 spiro atoms. The number of hydrogen-bond donors (Lipinski definition) is 2. The number of aromatic carboxylic acids is 1. The molecular weight excluding hydrogens is 504 g/mol. The Balaban J connectivity index is 1.53. The Bertz CT molecular complexity index is 1640. The third-order valence-electron chi connectivity index (χ3n) is 6.39. The first-order valence-corrected chi connectivity index (χ1v) is 12.7. The van der Waals surface area contributed by atoms with Crippen molar-refractivity contribution in [2.45, 2.75) is 32.7 Å². The fourth-order valence-electron chi connectivity index (χ4n) is 4.48. The second-order valence-electron chi connectivity index (χ2n) is 8.93. The lowest BCUT2D eigenvalue weighted by atomic mass is 9.93. The molecule has 0 atom stereocenters. The van der Waals surface area contributed by atoms with Crippen LogP contribution < -0.4 is 5.76 Å². The Labute approximate surface area is 223 Å². The van der Waals surface area contributed by atoms with Gasteiger partial charge in [0.25, 0.3) is 0 Å². The SMILES string of the molecule is CCCCc1nc(Cl)c(C(=O)O)n1Cc1ccc(-c2cc(-c3ccccc3)ccc2-c2noc(=O)[nH]2)cc1. The number of carboxylic acid groups (broad SMARTS) is 1. The van der Waals surface area contributed by atoms with Crippen molar-refractivity contribution < 1.29 is 14.4 Å². The number of hydrogen-bond acceptors (Lipinski definition) is 5. The van der Waals surface area contributed by atoms with Gasteiger partial charge < -0.3 is 9.67 Å². The van der Waals surface area contributed by atoms with Crippen LogP contribution in [-0.4, -0.2) is 30.8 Å². The molecule has 0 fully saturated rings. The predicted octanol–water partition coefficient (Wildman–Crippen LogP) is 6.30. The summed E-state index contributed by atoms with van der Waals surface area (Å²) in [4.78, 5) is 30.5. The van der Waals surface area contributed by atoms with Gasteiger partial charge in [0.15, 0.2) is 16.7 Å². The van der Waals surface area contributed by atoms with Gasteiger partial charge in [-0.1, -0.05) is 90.8 Å². The van der Waals surface area contributed by atoms with E-state index in [1.54, 1.807) is 4.57 Å². The van der Waals surface area contributed by atoms with Crippen LogP contribution in [0.4, 0.5) is 0 Å². The number of carboxylic acids is 1. The van der Waals surface area contributed by atoms with Crippen molar-refractivity contribution in [3.8, 4) is 33.6 Å². The van der Waals surface area contributed by atoms with Gasteiger partial charge in [-0.2, -0.15) is 0 Å². The van der Waals surface area contributed by atoms with E-state index in [4.69, 9.17) is 16.1 Å². The summed E-state index contributed by atoms with van der Waals surface area (Å²) in [5.74, 6) is -0.731. The van der Waals surface area contributed by atoms with Crippen molar-refractivity contribution in [2.24, 2.45) is 0 Å². The van der Waals surface area contributed by atoms with Gasteiger partial charge in [0.2, 0.25) is 0 Å². The lowest BCUT2D eigenvalue weighted by Crippen LogP contribution is -2.13. The highest BCUT2D eigenvalue weighted by Crippen LogP contribution is 2.34. The van der Waals surface area contributed by atoms with Crippen LogP contribution in [0.1, 0.15) is 41.6 Å². The third kappa shape index (κ3) is 5.17. The van der Waals surface area contributed by atoms with Crippen molar-refractivity contribution in [3.63, 3.8) is 0 Å². The van der Waals surface area contributed by atoms with Crippen molar-refractivity contribution >= 4 is 17.6 Å². The van der Waals surface area contributed by atoms with Gasteiger partial charge in [-0.25, -0.2) is 14.6 Å². The number of nitrogens with zero attached hydrogens (tertiary/aromatic N) is 3. The minimum atomic E-state index is -1.11. The molecule has 0 radical (unpaired) electrons. The average molecular weight is 529 g/mol. The highest BCUT2D eigenvalue weighted by atomic mass is 35.5. The van der Waals surface area contributed by atoms with Gasteiger partial charge in [0.05, 0.1) is 0 Å². The zero-order valence-electron chi connectivity index (χ0n) is 20.6. The molecule has 0 bridgehead atoms. The van der Waals surface area contributed by atoms with Crippen molar-refractivity contribution in [1.82, 2.24) is 19.7 Å². The molecule has 0 saturated heterocycles. The summed E-state index contributed by atoms with van der Waals surface area (Å²) in [6, 6.07) is 23.8. The zero-order chi connectivity index (χ0) is 26.6. The Morgan fingerprint density at radius 2 is 1.74 bits per heavy atom. The number of aryl methyl sites for hydroxylation is 1. The molecule has 2 aromatic heterocycles. The maximum absolute atomic E-state index is 11.9. The Hall–Kier alpha value is -4.43. The number of halogens is 1. The molecule has 5 aromatic rings. The lowest BCUT2D eigenvalue weighted by molar-refractivity contribution is 0.0685. The third-order valence-corrected chi connectivity index (χ3v) is 6.65. The molecule has 0 amide bonds. The molecule has 2 heterocycles. The van der Waals surface area contributed by atoms with Gasteiger partial charge in [0, 0.05) is 18.5 Å². The molecule has 5 rings (SSSR count). The molecule has 2 N–H and O–H groups in total. The maximum atomic E-state index is 11.9. The fraction of sp³-hybridized carbons (Fsp3) is 0.172. The average Bonchev–Trinajstić information content (AvgIpc) is 3.50.